The lowest BCUT2D eigenvalue weighted by molar-refractivity contribution is 0.0649. The topological polar surface area (TPSA) is 78.1 Å². The van der Waals surface area contributed by atoms with Crippen LogP contribution in [-0.4, -0.2) is 46.5 Å². The first-order valence-electron chi connectivity index (χ1n) is 5.25. The van der Waals surface area contributed by atoms with Crippen LogP contribution in [0.3, 0.4) is 0 Å². The first kappa shape index (κ1) is 10.8. The maximum atomic E-state index is 12.0. The Morgan fingerprint density at radius 2 is 2.44 bits per heavy atom. The van der Waals surface area contributed by atoms with E-state index >= 15 is 0 Å². The summed E-state index contributed by atoms with van der Waals surface area (Å²) in [5.41, 5.74) is -0.0155. The molecule has 0 unspecified atom stereocenters. The second-order valence-electron chi connectivity index (χ2n) is 3.85. The molecule has 2 rings (SSSR count). The van der Waals surface area contributed by atoms with Crippen LogP contribution in [0.25, 0.3) is 0 Å². The van der Waals surface area contributed by atoms with Crippen molar-refractivity contribution in [1.29, 1.82) is 0 Å². The molecule has 0 aromatic carbocycles. The Hall–Kier alpha value is -1.69. The highest BCUT2D eigenvalue weighted by molar-refractivity contribution is 5.92. The molecule has 1 aliphatic rings. The number of hydrogen-bond acceptors (Lipinski definition) is 4. The standard InChI is InChI=1S/C10H14N4O2/c1-7-4-11-2-3-14(7)10(16)8-5-13-9(15)6-12-8/h5-7,11H,2-4H2,1H3,(H,13,15)/t7-/m0/s1. The molecule has 1 aromatic rings. The Labute approximate surface area is 92.7 Å². The number of aromatic nitrogens is 2. The van der Waals surface area contributed by atoms with Gasteiger partial charge in [-0.15, -0.1) is 0 Å². The van der Waals surface area contributed by atoms with Crippen molar-refractivity contribution in [3.05, 3.63) is 28.4 Å². The predicted molar refractivity (Wildman–Crippen MR) is 58.2 cm³/mol. The fourth-order valence-electron chi connectivity index (χ4n) is 1.75. The molecule has 1 amide bonds. The lowest BCUT2D eigenvalue weighted by Gasteiger charge is -2.33. The van der Waals surface area contributed by atoms with Gasteiger partial charge in [0.2, 0.25) is 0 Å². The van der Waals surface area contributed by atoms with Crippen molar-refractivity contribution in [3.63, 3.8) is 0 Å². The van der Waals surface area contributed by atoms with E-state index in [-0.39, 0.29) is 23.2 Å². The van der Waals surface area contributed by atoms with Crippen LogP contribution in [-0.2, 0) is 0 Å². The van der Waals surface area contributed by atoms with Crippen LogP contribution in [0.1, 0.15) is 17.4 Å². The number of H-pyrrole nitrogens is 1. The van der Waals surface area contributed by atoms with Crippen LogP contribution >= 0.6 is 0 Å². The molecular weight excluding hydrogens is 208 g/mol. The third-order valence-electron chi connectivity index (χ3n) is 2.65. The Morgan fingerprint density at radius 3 is 3.06 bits per heavy atom. The molecule has 6 heteroatoms. The van der Waals surface area contributed by atoms with Crippen LogP contribution in [0.5, 0.6) is 0 Å². The summed E-state index contributed by atoms with van der Waals surface area (Å²) in [6.45, 7) is 4.23. The molecule has 6 nitrogen and oxygen atoms in total. The predicted octanol–water partition coefficient (Wildman–Crippen LogP) is -0.796. The van der Waals surface area contributed by atoms with Crippen LogP contribution in [0.15, 0.2) is 17.2 Å². The normalized spacial score (nSPS) is 20.8. The van der Waals surface area contributed by atoms with E-state index in [1.807, 2.05) is 6.92 Å². The van der Waals surface area contributed by atoms with Crippen molar-refractivity contribution in [2.75, 3.05) is 19.6 Å². The largest absolute Gasteiger partial charge is 0.332 e. The lowest BCUT2D eigenvalue weighted by Crippen LogP contribution is -2.52. The van der Waals surface area contributed by atoms with Gasteiger partial charge in [0.05, 0.1) is 6.20 Å². The van der Waals surface area contributed by atoms with Gasteiger partial charge in [0.1, 0.15) is 5.69 Å². The summed E-state index contributed by atoms with van der Waals surface area (Å²) in [5.74, 6) is -0.134. The minimum absolute atomic E-state index is 0.134. The minimum atomic E-state index is -0.301. The third kappa shape index (κ3) is 2.11. The second-order valence-corrected chi connectivity index (χ2v) is 3.85. The van der Waals surface area contributed by atoms with E-state index in [0.29, 0.717) is 6.54 Å². The smallest absolute Gasteiger partial charge is 0.274 e. The summed E-state index contributed by atoms with van der Waals surface area (Å²) in [4.78, 5) is 30.9. The van der Waals surface area contributed by atoms with E-state index in [2.05, 4.69) is 15.3 Å². The molecule has 2 heterocycles. The monoisotopic (exact) mass is 222 g/mol. The average Bonchev–Trinajstić information content (AvgIpc) is 2.30. The van der Waals surface area contributed by atoms with Gasteiger partial charge in [0.25, 0.3) is 11.5 Å². The van der Waals surface area contributed by atoms with Gasteiger partial charge in [0.15, 0.2) is 0 Å². The van der Waals surface area contributed by atoms with Crippen LogP contribution < -0.4 is 10.9 Å². The summed E-state index contributed by atoms with van der Waals surface area (Å²) < 4.78 is 0. The molecule has 1 aliphatic heterocycles. The molecule has 1 fully saturated rings. The fourth-order valence-corrected chi connectivity index (χ4v) is 1.75. The van der Waals surface area contributed by atoms with Crippen LogP contribution in [0.4, 0.5) is 0 Å². The van der Waals surface area contributed by atoms with E-state index < -0.39 is 0 Å². The molecule has 1 saturated heterocycles. The Kier molecular flexibility index (Phi) is 3.00. The molecule has 2 N–H and O–H groups in total. The van der Waals surface area contributed by atoms with Gasteiger partial charge >= 0.3 is 0 Å². The van der Waals surface area contributed by atoms with Crippen molar-refractivity contribution in [2.45, 2.75) is 13.0 Å². The SMILES string of the molecule is C[C@H]1CNCCN1C(=O)c1c[nH]c(=O)cn1. The zero-order valence-corrected chi connectivity index (χ0v) is 9.06. The zero-order valence-electron chi connectivity index (χ0n) is 9.06. The van der Waals surface area contributed by atoms with Crippen molar-refractivity contribution in [1.82, 2.24) is 20.2 Å². The molecule has 0 aliphatic carbocycles. The molecule has 0 radical (unpaired) electrons. The average molecular weight is 222 g/mol. The summed E-state index contributed by atoms with van der Waals surface area (Å²) in [5, 5.41) is 3.21. The number of nitrogens with one attached hydrogen (secondary N) is 2. The van der Waals surface area contributed by atoms with E-state index in [4.69, 9.17) is 0 Å². The maximum Gasteiger partial charge on any atom is 0.274 e. The van der Waals surface area contributed by atoms with E-state index in [0.717, 1.165) is 19.3 Å². The summed E-state index contributed by atoms with van der Waals surface area (Å²) in [6, 6.07) is 0.148. The van der Waals surface area contributed by atoms with E-state index in [1.54, 1.807) is 4.90 Å². The molecule has 0 saturated carbocycles. The van der Waals surface area contributed by atoms with Crippen molar-refractivity contribution in [2.24, 2.45) is 0 Å². The van der Waals surface area contributed by atoms with Crippen molar-refractivity contribution < 1.29 is 4.79 Å². The molecule has 16 heavy (non-hydrogen) atoms. The van der Waals surface area contributed by atoms with Gasteiger partial charge < -0.3 is 15.2 Å². The molecule has 0 spiro atoms. The summed E-state index contributed by atoms with van der Waals surface area (Å²) >= 11 is 0. The first-order chi connectivity index (χ1) is 7.68. The number of rotatable bonds is 1. The number of aromatic amines is 1. The summed E-state index contributed by atoms with van der Waals surface area (Å²) in [6.07, 6.45) is 2.49. The van der Waals surface area contributed by atoms with Crippen LogP contribution in [0, 0.1) is 0 Å². The Balaban J connectivity index is 2.17. The number of carbonyl (C=O) groups is 1. The Morgan fingerprint density at radius 1 is 1.62 bits per heavy atom. The molecule has 1 aromatic heterocycles. The van der Waals surface area contributed by atoms with Crippen molar-refractivity contribution >= 4 is 5.91 Å². The first-order valence-corrected chi connectivity index (χ1v) is 5.25. The highest BCUT2D eigenvalue weighted by atomic mass is 16.2. The fraction of sp³-hybridized carbons (Fsp3) is 0.500. The molecular formula is C10H14N4O2. The number of piperazine rings is 1. The number of amides is 1. The van der Waals surface area contributed by atoms with Gasteiger partial charge in [-0.25, -0.2) is 4.98 Å². The quantitative estimate of drug-likeness (QED) is 0.652. The summed E-state index contributed by atoms with van der Waals surface area (Å²) in [7, 11) is 0. The van der Waals surface area contributed by atoms with Gasteiger partial charge in [-0.05, 0) is 6.92 Å². The molecule has 86 valence electrons. The van der Waals surface area contributed by atoms with E-state index in [9.17, 15) is 9.59 Å². The second kappa shape index (κ2) is 4.44. The highest BCUT2D eigenvalue weighted by Crippen LogP contribution is 2.06. The van der Waals surface area contributed by atoms with Crippen molar-refractivity contribution in [3.8, 4) is 0 Å². The lowest BCUT2D eigenvalue weighted by atomic mass is 10.2. The third-order valence-corrected chi connectivity index (χ3v) is 2.65. The van der Waals surface area contributed by atoms with Gasteiger partial charge in [-0.1, -0.05) is 0 Å². The number of carbonyl (C=O) groups excluding carboxylic acids is 1. The van der Waals surface area contributed by atoms with E-state index in [1.165, 1.54) is 6.20 Å². The minimum Gasteiger partial charge on any atom is -0.332 e. The zero-order chi connectivity index (χ0) is 11.5. The molecule has 0 bridgehead atoms. The Bertz CT molecular complexity index is 422. The van der Waals surface area contributed by atoms with Gasteiger partial charge in [-0.3, -0.25) is 9.59 Å². The molecule has 1 atom stereocenters. The number of nitrogens with zero attached hydrogens (tertiary/aromatic N) is 2. The van der Waals surface area contributed by atoms with Crippen LogP contribution in [0.2, 0.25) is 0 Å². The van der Waals surface area contributed by atoms with Gasteiger partial charge in [0, 0.05) is 31.9 Å². The highest BCUT2D eigenvalue weighted by Gasteiger charge is 2.24. The number of hydrogen-bond donors (Lipinski definition) is 2. The maximum absolute atomic E-state index is 12.0. The van der Waals surface area contributed by atoms with Gasteiger partial charge in [-0.2, -0.15) is 0 Å².